The van der Waals surface area contributed by atoms with E-state index in [0.717, 1.165) is 22.5 Å². The maximum absolute atomic E-state index is 12.6. The molecule has 0 saturated carbocycles. The smallest absolute Gasteiger partial charge is 0.262 e. The molecule has 6 nitrogen and oxygen atoms in total. The van der Waals surface area contributed by atoms with E-state index in [1.54, 1.807) is 13.1 Å². The van der Waals surface area contributed by atoms with Crippen molar-refractivity contribution in [3.63, 3.8) is 0 Å². The number of amides is 2. The molecule has 0 radical (unpaired) electrons. The number of hydrogen-bond acceptors (Lipinski definition) is 4. The predicted molar refractivity (Wildman–Crippen MR) is 102 cm³/mol. The second-order valence-electron chi connectivity index (χ2n) is 6.36. The highest BCUT2D eigenvalue weighted by atomic mass is 16.5. The van der Waals surface area contributed by atoms with Gasteiger partial charge in [-0.3, -0.25) is 9.59 Å². The van der Waals surface area contributed by atoms with Gasteiger partial charge in [0.15, 0.2) is 6.10 Å². The number of fused-ring (bicyclic) bond motifs is 1. The van der Waals surface area contributed by atoms with Crippen molar-refractivity contribution in [1.29, 1.82) is 0 Å². The van der Waals surface area contributed by atoms with E-state index >= 15 is 0 Å². The standard InChI is InChI=1S/C20H23N3O3/c1-13-7-6-8-15(14(13)2)22-19(24)12-23-11-18(20(25)21-3)26-17-10-5-4-9-16(17)23/h4-10,18H,11-12H2,1-3H3,(H,21,25)(H,22,24)/t18-/m0/s1. The normalized spacial score (nSPS) is 15.7. The number of ether oxygens (including phenoxy) is 1. The summed E-state index contributed by atoms with van der Waals surface area (Å²) in [6.45, 7) is 4.45. The van der Waals surface area contributed by atoms with Crippen LogP contribution < -0.4 is 20.3 Å². The first-order chi connectivity index (χ1) is 12.5. The number of anilines is 2. The molecule has 0 saturated heterocycles. The van der Waals surface area contributed by atoms with Crippen LogP contribution in [0.4, 0.5) is 11.4 Å². The number of carbonyl (C=O) groups excluding carboxylic acids is 2. The van der Waals surface area contributed by atoms with Gasteiger partial charge >= 0.3 is 0 Å². The molecular formula is C20H23N3O3. The van der Waals surface area contributed by atoms with Crippen molar-refractivity contribution in [2.24, 2.45) is 0 Å². The highest BCUT2D eigenvalue weighted by Crippen LogP contribution is 2.33. The monoisotopic (exact) mass is 353 g/mol. The molecule has 0 aliphatic carbocycles. The Morgan fingerprint density at radius 3 is 2.69 bits per heavy atom. The summed E-state index contributed by atoms with van der Waals surface area (Å²) in [5.74, 6) is 0.261. The molecule has 1 atom stereocenters. The van der Waals surface area contributed by atoms with Crippen LogP contribution in [0.15, 0.2) is 42.5 Å². The molecular weight excluding hydrogens is 330 g/mol. The van der Waals surface area contributed by atoms with Crippen LogP contribution in [0.2, 0.25) is 0 Å². The summed E-state index contributed by atoms with van der Waals surface area (Å²) in [4.78, 5) is 26.5. The van der Waals surface area contributed by atoms with Crippen LogP contribution in [-0.4, -0.2) is 38.1 Å². The van der Waals surface area contributed by atoms with Crippen LogP contribution in [-0.2, 0) is 9.59 Å². The van der Waals surface area contributed by atoms with Gasteiger partial charge in [-0.25, -0.2) is 0 Å². The van der Waals surface area contributed by atoms with E-state index in [-0.39, 0.29) is 18.4 Å². The van der Waals surface area contributed by atoms with Gasteiger partial charge in [0.2, 0.25) is 5.91 Å². The van der Waals surface area contributed by atoms with Crippen LogP contribution in [0.1, 0.15) is 11.1 Å². The minimum Gasteiger partial charge on any atom is -0.477 e. The lowest BCUT2D eigenvalue weighted by atomic mass is 10.1. The summed E-state index contributed by atoms with van der Waals surface area (Å²) in [6.07, 6.45) is -0.650. The Labute approximate surface area is 153 Å². The van der Waals surface area contributed by atoms with Gasteiger partial charge in [-0.15, -0.1) is 0 Å². The number of rotatable bonds is 4. The molecule has 3 rings (SSSR count). The first-order valence-corrected chi connectivity index (χ1v) is 8.58. The van der Waals surface area contributed by atoms with E-state index in [2.05, 4.69) is 10.6 Å². The zero-order valence-electron chi connectivity index (χ0n) is 15.2. The number of nitrogens with zero attached hydrogens (tertiary/aromatic N) is 1. The predicted octanol–water partition coefficient (Wildman–Crippen LogP) is 2.26. The minimum absolute atomic E-state index is 0.133. The Balaban J connectivity index is 1.78. The summed E-state index contributed by atoms with van der Waals surface area (Å²) in [5, 5.41) is 5.57. The fourth-order valence-electron chi connectivity index (χ4n) is 3.00. The molecule has 2 aromatic rings. The molecule has 2 N–H and O–H groups in total. The Morgan fingerprint density at radius 1 is 1.15 bits per heavy atom. The highest BCUT2D eigenvalue weighted by molar-refractivity contribution is 5.95. The molecule has 2 aromatic carbocycles. The number of para-hydroxylation sites is 2. The van der Waals surface area contributed by atoms with Crippen molar-refractivity contribution >= 4 is 23.2 Å². The van der Waals surface area contributed by atoms with Gasteiger partial charge in [0.05, 0.1) is 18.8 Å². The van der Waals surface area contributed by atoms with Gasteiger partial charge < -0.3 is 20.3 Å². The van der Waals surface area contributed by atoms with Crippen molar-refractivity contribution in [2.45, 2.75) is 20.0 Å². The lowest BCUT2D eigenvalue weighted by Crippen LogP contribution is -2.50. The molecule has 1 heterocycles. The molecule has 0 aromatic heterocycles. The molecule has 0 bridgehead atoms. The number of benzene rings is 2. The van der Waals surface area contributed by atoms with Gasteiger partial charge in [-0.2, -0.15) is 0 Å². The number of aryl methyl sites for hydroxylation is 1. The SMILES string of the molecule is CNC(=O)[C@@H]1CN(CC(=O)Nc2cccc(C)c2C)c2ccccc2O1. The Morgan fingerprint density at radius 2 is 1.92 bits per heavy atom. The van der Waals surface area contributed by atoms with Crippen LogP contribution in [0.5, 0.6) is 5.75 Å². The number of carbonyl (C=O) groups is 2. The van der Waals surface area contributed by atoms with E-state index < -0.39 is 6.10 Å². The van der Waals surface area contributed by atoms with Crippen LogP contribution >= 0.6 is 0 Å². The van der Waals surface area contributed by atoms with Gasteiger partial charge in [0.1, 0.15) is 5.75 Å². The van der Waals surface area contributed by atoms with Crippen molar-refractivity contribution < 1.29 is 14.3 Å². The number of likely N-dealkylation sites (N-methyl/N-ethyl adjacent to an activating group) is 1. The summed E-state index contributed by atoms with van der Waals surface area (Å²) >= 11 is 0. The van der Waals surface area contributed by atoms with Gasteiger partial charge in [0.25, 0.3) is 5.91 Å². The lowest BCUT2D eigenvalue weighted by Gasteiger charge is -2.35. The van der Waals surface area contributed by atoms with Crippen molar-refractivity contribution in [3.8, 4) is 5.75 Å². The molecule has 1 aliphatic heterocycles. The summed E-state index contributed by atoms with van der Waals surface area (Å²) < 4.78 is 5.76. The van der Waals surface area contributed by atoms with Crippen molar-refractivity contribution in [2.75, 3.05) is 30.4 Å². The zero-order chi connectivity index (χ0) is 18.7. The topological polar surface area (TPSA) is 70.7 Å². The first-order valence-electron chi connectivity index (χ1n) is 8.58. The molecule has 136 valence electrons. The largest absolute Gasteiger partial charge is 0.477 e. The second kappa shape index (κ2) is 7.47. The molecule has 1 aliphatic rings. The Bertz CT molecular complexity index is 835. The van der Waals surface area contributed by atoms with Crippen LogP contribution in [0.3, 0.4) is 0 Å². The van der Waals surface area contributed by atoms with Gasteiger partial charge in [0, 0.05) is 12.7 Å². The van der Waals surface area contributed by atoms with E-state index in [4.69, 9.17) is 4.74 Å². The number of nitrogens with one attached hydrogen (secondary N) is 2. The fourth-order valence-corrected chi connectivity index (χ4v) is 3.00. The quantitative estimate of drug-likeness (QED) is 0.885. The van der Waals surface area contributed by atoms with Gasteiger partial charge in [-0.1, -0.05) is 24.3 Å². The van der Waals surface area contributed by atoms with E-state index in [1.807, 2.05) is 55.1 Å². The first kappa shape index (κ1) is 17.8. The third-order valence-corrected chi connectivity index (χ3v) is 4.61. The maximum atomic E-state index is 12.6. The summed E-state index contributed by atoms with van der Waals surface area (Å²) in [7, 11) is 1.57. The van der Waals surface area contributed by atoms with Crippen LogP contribution in [0.25, 0.3) is 0 Å². The van der Waals surface area contributed by atoms with E-state index in [0.29, 0.717) is 12.3 Å². The molecule has 0 fully saturated rings. The Kier molecular flexibility index (Phi) is 5.11. The van der Waals surface area contributed by atoms with E-state index in [9.17, 15) is 9.59 Å². The fraction of sp³-hybridized carbons (Fsp3) is 0.300. The molecule has 0 spiro atoms. The maximum Gasteiger partial charge on any atom is 0.262 e. The molecule has 0 unspecified atom stereocenters. The molecule has 6 heteroatoms. The number of hydrogen-bond donors (Lipinski definition) is 2. The summed E-state index contributed by atoms with van der Waals surface area (Å²) in [6, 6.07) is 13.2. The third kappa shape index (κ3) is 3.64. The zero-order valence-corrected chi connectivity index (χ0v) is 15.2. The molecule has 2 amide bonds. The highest BCUT2D eigenvalue weighted by Gasteiger charge is 2.31. The lowest BCUT2D eigenvalue weighted by molar-refractivity contribution is -0.127. The third-order valence-electron chi connectivity index (χ3n) is 4.61. The minimum atomic E-state index is -0.650. The van der Waals surface area contributed by atoms with Gasteiger partial charge in [-0.05, 0) is 43.2 Å². The Hall–Kier alpha value is -3.02. The second-order valence-corrected chi connectivity index (χ2v) is 6.36. The van der Waals surface area contributed by atoms with Crippen molar-refractivity contribution in [1.82, 2.24) is 5.32 Å². The van der Waals surface area contributed by atoms with Crippen LogP contribution in [0, 0.1) is 13.8 Å². The average molecular weight is 353 g/mol. The van der Waals surface area contributed by atoms with Crippen molar-refractivity contribution in [3.05, 3.63) is 53.6 Å². The average Bonchev–Trinajstić information content (AvgIpc) is 2.64. The summed E-state index contributed by atoms with van der Waals surface area (Å²) in [5.41, 5.74) is 3.79. The van der Waals surface area contributed by atoms with E-state index in [1.165, 1.54) is 0 Å². The molecule has 26 heavy (non-hydrogen) atoms.